The van der Waals surface area contributed by atoms with Gasteiger partial charge in [0.25, 0.3) is 0 Å². The monoisotopic (exact) mass is 347 g/mol. The maximum atomic E-state index is 12.5. The quantitative estimate of drug-likeness (QED) is 0.892. The Morgan fingerprint density at radius 1 is 1.46 bits per heavy atom. The number of carbonyl (C=O) groups is 1. The minimum absolute atomic E-state index is 0.0973. The smallest absolute Gasteiger partial charge is 0.321 e. The lowest BCUT2D eigenvalue weighted by molar-refractivity contribution is 0.191. The Morgan fingerprint density at radius 3 is 2.96 bits per heavy atom. The standard InChI is InChI=1S/C17H22ClN5O/c1-22(2)15-6-5-13(10-14(15)18)21-17(24)23-9-3-4-12(11-23)16-19-7-8-20-16/h5-8,10,12H,3-4,9,11H2,1-2H3,(H,19,20)(H,21,24)/t12-/m1/s1. The number of urea groups is 1. The predicted molar refractivity (Wildman–Crippen MR) is 96.9 cm³/mol. The summed E-state index contributed by atoms with van der Waals surface area (Å²) in [6, 6.07) is 5.45. The van der Waals surface area contributed by atoms with Crippen LogP contribution in [0.1, 0.15) is 24.6 Å². The first-order valence-corrected chi connectivity index (χ1v) is 8.44. The lowest BCUT2D eigenvalue weighted by Crippen LogP contribution is -2.41. The van der Waals surface area contributed by atoms with Gasteiger partial charge >= 0.3 is 6.03 Å². The molecule has 2 heterocycles. The number of aromatic nitrogens is 2. The number of hydrogen-bond acceptors (Lipinski definition) is 3. The van der Waals surface area contributed by atoms with Crippen LogP contribution in [0, 0.1) is 0 Å². The zero-order chi connectivity index (χ0) is 17.1. The molecule has 0 saturated carbocycles. The van der Waals surface area contributed by atoms with Crippen LogP contribution < -0.4 is 10.2 Å². The van der Waals surface area contributed by atoms with Crippen LogP contribution in [0.3, 0.4) is 0 Å². The fourth-order valence-electron chi connectivity index (χ4n) is 3.04. The van der Waals surface area contributed by atoms with Gasteiger partial charge in [-0.25, -0.2) is 9.78 Å². The lowest BCUT2D eigenvalue weighted by Gasteiger charge is -2.32. The fraction of sp³-hybridized carbons (Fsp3) is 0.412. The number of benzene rings is 1. The number of anilines is 2. The van der Waals surface area contributed by atoms with Crippen molar-refractivity contribution in [1.82, 2.24) is 14.9 Å². The van der Waals surface area contributed by atoms with E-state index in [9.17, 15) is 4.79 Å². The van der Waals surface area contributed by atoms with Crippen molar-refractivity contribution in [2.45, 2.75) is 18.8 Å². The SMILES string of the molecule is CN(C)c1ccc(NC(=O)N2CCC[C@@H](c3ncc[nH]3)C2)cc1Cl. The van der Waals surface area contributed by atoms with E-state index < -0.39 is 0 Å². The summed E-state index contributed by atoms with van der Waals surface area (Å²) in [5.41, 5.74) is 1.63. The predicted octanol–water partition coefficient (Wildman–Crippen LogP) is 3.54. The van der Waals surface area contributed by atoms with Crippen molar-refractivity contribution in [3.63, 3.8) is 0 Å². The maximum absolute atomic E-state index is 12.5. The van der Waals surface area contributed by atoms with Gasteiger partial charge in [-0.05, 0) is 31.0 Å². The third-order valence-corrected chi connectivity index (χ3v) is 4.60. The van der Waals surface area contributed by atoms with Gasteiger partial charge in [-0.15, -0.1) is 0 Å². The Morgan fingerprint density at radius 2 is 2.29 bits per heavy atom. The minimum Gasteiger partial charge on any atom is -0.376 e. The molecule has 0 radical (unpaired) electrons. The molecular formula is C17H22ClN5O. The van der Waals surface area contributed by atoms with E-state index in [1.807, 2.05) is 42.2 Å². The zero-order valence-electron chi connectivity index (χ0n) is 13.9. The van der Waals surface area contributed by atoms with E-state index in [1.165, 1.54) is 0 Å². The second-order valence-corrected chi connectivity index (χ2v) is 6.66. The van der Waals surface area contributed by atoms with Gasteiger partial charge in [0.2, 0.25) is 0 Å². The lowest BCUT2D eigenvalue weighted by atomic mass is 9.98. The van der Waals surface area contributed by atoms with E-state index in [1.54, 1.807) is 12.3 Å². The van der Waals surface area contributed by atoms with Crippen molar-refractivity contribution >= 4 is 29.0 Å². The van der Waals surface area contributed by atoms with Crippen molar-refractivity contribution in [2.75, 3.05) is 37.4 Å². The first-order valence-electron chi connectivity index (χ1n) is 8.06. The van der Waals surface area contributed by atoms with Gasteiger partial charge in [0.15, 0.2) is 0 Å². The van der Waals surface area contributed by atoms with Crippen LogP contribution in [-0.2, 0) is 0 Å². The van der Waals surface area contributed by atoms with Gasteiger partial charge in [-0.1, -0.05) is 11.6 Å². The normalized spacial score (nSPS) is 17.6. The first-order chi connectivity index (χ1) is 11.5. The second kappa shape index (κ2) is 7.13. The average Bonchev–Trinajstić information content (AvgIpc) is 3.09. The molecule has 1 aliphatic heterocycles. The summed E-state index contributed by atoms with van der Waals surface area (Å²) in [5.74, 6) is 1.21. The van der Waals surface area contributed by atoms with Crippen LogP contribution in [-0.4, -0.2) is 48.1 Å². The molecule has 3 rings (SSSR count). The Hall–Kier alpha value is -2.21. The first kappa shape index (κ1) is 16.6. The molecule has 1 aromatic heterocycles. The third kappa shape index (κ3) is 3.64. The van der Waals surface area contributed by atoms with Crippen LogP contribution in [0.5, 0.6) is 0 Å². The Balaban J connectivity index is 1.65. The number of H-pyrrole nitrogens is 1. The molecule has 1 atom stereocenters. The fourth-order valence-corrected chi connectivity index (χ4v) is 3.38. The molecule has 2 N–H and O–H groups in total. The Kier molecular flexibility index (Phi) is 4.94. The average molecular weight is 348 g/mol. The van der Waals surface area contributed by atoms with Gasteiger partial charge in [-0.2, -0.15) is 0 Å². The molecule has 7 heteroatoms. The molecular weight excluding hydrogens is 326 g/mol. The van der Waals surface area contributed by atoms with E-state index in [2.05, 4.69) is 15.3 Å². The van der Waals surface area contributed by atoms with E-state index in [4.69, 9.17) is 11.6 Å². The molecule has 2 amide bonds. The van der Waals surface area contributed by atoms with Crippen molar-refractivity contribution in [1.29, 1.82) is 0 Å². The summed E-state index contributed by atoms with van der Waals surface area (Å²) in [6.45, 7) is 1.43. The Bertz CT molecular complexity index is 701. The zero-order valence-corrected chi connectivity index (χ0v) is 14.7. The summed E-state index contributed by atoms with van der Waals surface area (Å²) in [5, 5.41) is 3.55. The summed E-state index contributed by atoms with van der Waals surface area (Å²) in [6.07, 6.45) is 5.59. The molecule has 1 fully saturated rings. The highest BCUT2D eigenvalue weighted by Gasteiger charge is 2.26. The molecule has 6 nitrogen and oxygen atoms in total. The molecule has 2 aromatic rings. The van der Waals surface area contributed by atoms with Gasteiger partial charge in [0.1, 0.15) is 5.82 Å². The van der Waals surface area contributed by atoms with Crippen molar-refractivity contribution in [2.24, 2.45) is 0 Å². The number of carbonyl (C=O) groups excluding carboxylic acids is 1. The molecule has 24 heavy (non-hydrogen) atoms. The molecule has 1 aromatic carbocycles. The molecule has 128 valence electrons. The number of nitrogens with one attached hydrogen (secondary N) is 2. The summed E-state index contributed by atoms with van der Waals surface area (Å²) in [4.78, 5) is 23.8. The van der Waals surface area contributed by atoms with Gasteiger partial charge in [0, 0.05) is 51.2 Å². The summed E-state index contributed by atoms with van der Waals surface area (Å²) in [7, 11) is 3.87. The van der Waals surface area contributed by atoms with E-state index in [0.717, 1.165) is 30.9 Å². The highest BCUT2D eigenvalue weighted by Crippen LogP contribution is 2.28. The van der Waals surface area contributed by atoms with Crippen LogP contribution >= 0.6 is 11.6 Å². The molecule has 0 spiro atoms. The molecule has 0 unspecified atom stereocenters. The van der Waals surface area contributed by atoms with E-state index in [-0.39, 0.29) is 11.9 Å². The van der Waals surface area contributed by atoms with Crippen LogP contribution in [0.2, 0.25) is 5.02 Å². The number of imidazole rings is 1. The number of hydrogen-bond donors (Lipinski definition) is 2. The van der Waals surface area contributed by atoms with E-state index in [0.29, 0.717) is 17.3 Å². The summed E-state index contributed by atoms with van der Waals surface area (Å²) < 4.78 is 0. The second-order valence-electron chi connectivity index (χ2n) is 6.25. The maximum Gasteiger partial charge on any atom is 0.321 e. The highest BCUT2D eigenvalue weighted by molar-refractivity contribution is 6.33. The van der Waals surface area contributed by atoms with Crippen LogP contribution in [0.15, 0.2) is 30.6 Å². The molecule has 1 saturated heterocycles. The number of likely N-dealkylation sites (tertiary alicyclic amines) is 1. The molecule has 1 aliphatic rings. The number of aromatic amines is 1. The van der Waals surface area contributed by atoms with Gasteiger partial charge in [-0.3, -0.25) is 0 Å². The number of piperidine rings is 1. The third-order valence-electron chi connectivity index (χ3n) is 4.30. The van der Waals surface area contributed by atoms with Crippen molar-refractivity contribution in [3.8, 4) is 0 Å². The molecule has 0 bridgehead atoms. The highest BCUT2D eigenvalue weighted by atomic mass is 35.5. The van der Waals surface area contributed by atoms with Crippen molar-refractivity contribution in [3.05, 3.63) is 41.4 Å². The van der Waals surface area contributed by atoms with Crippen LogP contribution in [0.25, 0.3) is 0 Å². The van der Waals surface area contributed by atoms with Gasteiger partial charge < -0.3 is 20.1 Å². The number of nitrogens with zero attached hydrogens (tertiary/aromatic N) is 3. The number of amides is 2. The van der Waals surface area contributed by atoms with Gasteiger partial charge in [0.05, 0.1) is 10.7 Å². The number of rotatable bonds is 3. The van der Waals surface area contributed by atoms with E-state index >= 15 is 0 Å². The summed E-state index contributed by atoms with van der Waals surface area (Å²) >= 11 is 6.27. The number of halogens is 1. The minimum atomic E-state index is -0.0973. The largest absolute Gasteiger partial charge is 0.376 e. The Labute approximate surface area is 146 Å². The van der Waals surface area contributed by atoms with Crippen molar-refractivity contribution < 1.29 is 4.79 Å². The topological polar surface area (TPSA) is 64.3 Å². The molecule has 0 aliphatic carbocycles. The van der Waals surface area contributed by atoms with Crippen LogP contribution in [0.4, 0.5) is 16.2 Å².